The van der Waals surface area contributed by atoms with Crippen LogP contribution >= 0.6 is 0 Å². The summed E-state index contributed by atoms with van der Waals surface area (Å²) in [7, 11) is 0. The Morgan fingerprint density at radius 3 is 2.87 bits per heavy atom. The number of aromatic hydroxyl groups is 1. The molecular formula is C20H26O3. The molecule has 2 fully saturated rings. The third-order valence-corrected chi connectivity index (χ3v) is 6.93. The number of ether oxygens (including phenoxy) is 1. The van der Waals surface area contributed by atoms with Crippen molar-refractivity contribution >= 4 is 5.97 Å². The number of benzene rings is 1. The number of esters is 1. The first kappa shape index (κ1) is 15.0. The molecule has 0 radical (unpaired) electrons. The molecule has 0 saturated heterocycles. The SMILES string of the molecule is CC(=O)OC1CCC2C3CCc4cc(O)ccc4C3CC[C@]12C. The van der Waals surface area contributed by atoms with Crippen LogP contribution in [0, 0.1) is 17.3 Å². The summed E-state index contributed by atoms with van der Waals surface area (Å²) in [5, 5.41) is 9.75. The summed E-state index contributed by atoms with van der Waals surface area (Å²) < 4.78 is 5.68. The maximum Gasteiger partial charge on any atom is 0.302 e. The van der Waals surface area contributed by atoms with Crippen LogP contribution in [0.1, 0.15) is 63.0 Å². The van der Waals surface area contributed by atoms with Crippen molar-refractivity contribution in [1.29, 1.82) is 0 Å². The molecule has 2 saturated carbocycles. The number of phenols is 1. The molecule has 0 amide bonds. The monoisotopic (exact) mass is 314 g/mol. The van der Waals surface area contributed by atoms with Gasteiger partial charge in [0.25, 0.3) is 0 Å². The molecule has 5 atom stereocenters. The van der Waals surface area contributed by atoms with Gasteiger partial charge in [0.05, 0.1) is 0 Å². The molecule has 1 aromatic carbocycles. The van der Waals surface area contributed by atoms with Gasteiger partial charge in [-0.3, -0.25) is 4.79 Å². The Morgan fingerprint density at radius 1 is 1.26 bits per heavy atom. The van der Waals surface area contributed by atoms with Crippen LogP contribution in [0.5, 0.6) is 5.75 Å². The van der Waals surface area contributed by atoms with Gasteiger partial charge in [0.2, 0.25) is 0 Å². The number of aryl methyl sites for hydroxylation is 1. The zero-order valence-corrected chi connectivity index (χ0v) is 14.0. The van der Waals surface area contributed by atoms with Gasteiger partial charge in [-0.15, -0.1) is 0 Å². The minimum absolute atomic E-state index is 0.104. The summed E-state index contributed by atoms with van der Waals surface area (Å²) in [4.78, 5) is 11.4. The summed E-state index contributed by atoms with van der Waals surface area (Å²) in [6.45, 7) is 3.88. The van der Waals surface area contributed by atoms with E-state index in [1.807, 2.05) is 12.1 Å². The largest absolute Gasteiger partial charge is 0.508 e. The van der Waals surface area contributed by atoms with Gasteiger partial charge < -0.3 is 9.84 Å². The maximum absolute atomic E-state index is 11.4. The molecule has 23 heavy (non-hydrogen) atoms. The van der Waals surface area contributed by atoms with Crippen molar-refractivity contribution in [3.8, 4) is 5.75 Å². The highest BCUT2D eigenvalue weighted by molar-refractivity contribution is 5.66. The average Bonchev–Trinajstić information content (AvgIpc) is 2.83. The Hall–Kier alpha value is -1.51. The van der Waals surface area contributed by atoms with E-state index in [0.717, 1.165) is 19.3 Å². The van der Waals surface area contributed by atoms with Crippen molar-refractivity contribution in [3.63, 3.8) is 0 Å². The lowest BCUT2D eigenvalue weighted by Gasteiger charge is -2.50. The summed E-state index contributed by atoms with van der Waals surface area (Å²) in [5.74, 6) is 2.23. The molecule has 0 aliphatic heterocycles. The van der Waals surface area contributed by atoms with E-state index in [1.54, 1.807) is 0 Å². The molecule has 1 aromatic rings. The van der Waals surface area contributed by atoms with Gasteiger partial charge in [-0.2, -0.15) is 0 Å². The molecule has 0 aromatic heterocycles. The third kappa shape index (κ3) is 2.28. The lowest BCUT2D eigenvalue weighted by atomic mass is 9.55. The van der Waals surface area contributed by atoms with Crippen LogP contribution in [0.25, 0.3) is 0 Å². The molecule has 3 aliphatic rings. The second-order valence-electron chi connectivity index (χ2n) is 8.02. The zero-order chi connectivity index (χ0) is 16.2. The second kappa shape index (κ2) is 5.25. The first-order valence-corrected chi connectivity index (χ1v) is 8.98. The molecule has 4 rings (SSSR count). The molecule has 3 heteroatoms. The van der Waals surface area contributed by atoms with Crippen LogP contribution in [-0.2, 0) is 16.0 Å². The number of carbonyl (C=O) groups excluding carboxylic acids is 1. The van der Waals surface area contributed by atoms with Gasteiger partial charge in [-0.25, -0.2) is 0 Å². The molecule has 0 spiro atoms. The Kier molecular flexibility index (Phi) is 3.44. The molecular weight excluding hydrogens is 288 g/mol. The summed E-state index contributed by atoms with van der Waals surface area (Å²) in [6.07, 6.45) is 6.89. The van der Waals surface area contributed by atoms with E-state index in [9.17, 15) is 9.90 Å². The average molecular weight is 314 g/mol. The van der Waals surface area contributed by atoms with Crippen molar-refractivity contribution in [2.24, 2.45) is 17.3 Å². The summed E-state index contributed by atoms with van der Waals surface area (Å²) >= 11 is 0. The van der Waals surface area contributed by atoms with Crippen molar-refractivity contribution < 1.29 is 14.6 Å². The number of fused-ring (bicyclic) bond motifs is 5. The Morgan fingerprint density at radius 2 is 2.09 bits per heavy atom. The molecule has 3 aliphatic carbocycles. The molecule has 4 unspecified atom stereocenters. The van der Waals surface area contributed by atoms with Crippen molar-refractivity contribution in [2.45, 2.75) is 64.4 Å². The number of hydrogen-bond donors (Lipinski definition) is 1. The molecule has 3 nitrogen and oxygen atoms in total. The highest BCUT2D eigenvalue weighted by atomic mass is 16.5. The Bertz CT molecular complexity index is 638. The van der Waals surface area contributed by atoms with E-state index in [-0.39, 0.29) is 17.5 Å². The van der Waals surface area contributed by atoms with Crippen LogP contribution in [0.4, 0.5) is 0 Å². The van der Waals surface area contributed by atoms with Crippen LogP contribution in [0.3, 0.4) is 0 Å². The number of rotatable bonds is 1. The normalized spacial score (nSPS) is 38.3. The minimum atomic E-state index is -0.136. The predicted molar refractivity (Wildman–Crippen MR) is 88.3 cm³/mol. The highest BCUT2D eigenvalue weighted by Crippen LogP contribution is 2.61. The summed E-state index contributed by atoms with van der Waals surface area (Å²) in [5.41, 5.74) is 2.95. The number of hydrogen-bond acceptors (Lipinski definition) is 3. The van der Waals surface area contributed by atoms with Gasteiger partial charge in [-0.05, 0) is 79.5 Å². The topological polar surface area (TPSA) is 46.5 Å². The smallest absolute Gasteiger partial charge is 0.302 e. The van der Waals surface area contributed by atoms with Crippen LogP contribution in [0.2, 0.25) is 0 Å². The van der Waals surface area contributed by atoms with E-state index in [4.69, 9.17) is 4.74 Å². The van der Waals surface area contributed by atoms with E-state index in [0.29, 0.717) is 23.5 Å². The van der Waals surface area contributed by atoms with Crippen molar-refractivity contribution in [1.82, 2.24) is 0 Å². The molecule has 1 N–H and O–H groups in total. The van der Waals surface area contributed by atoms with Crippen molar-refractivity contribution in [3.05, 3.63) is 29.3 Å². The van der Waals surface area contributed by atoms with Crippen LogP contribution < -0.4 is 0 Å². The fourth-order valence-electron chi connectivity index (χ4n) is 5.91. The lowest BCUT2D eigenvalue weighted by molar-refractivity contribution is -0.154. The van der Waals surface area contributed by atoms with Gasteiger partial charge in [0.15, 0.2) is 0 Å². The van der Waals surface area contributed by atoms with Crippen LogP contribution in [-0.4, -0.2) is 17.2 Å². The predicted octanol–water partition coefficient (Wildman–Crippen LogP) is 4.18. The number of carbonyl (C=O) groups is 1. The maximum atomic E-state index is 11.4. The fourth-order valence-corrected chi connectivity index (χ4v) is 5.91. The van der Waals surface area contributed by atoms with Gasteiger partial charge in [-0.1, -0.05) is 13.0 Å². The molecule has 0 bridgehead atoms. The third-order valence-electron chi connectivity index (χ3n) is 6.93. The first-order valence-electron chi connectivity index (χ1n) is 8.98. The van der Waals surface area contributed by atoms with E-state index in [1.165, 1.54) is 37.3 Å². The van der Waals surface area contributed by atoms with E-state index >= 15 is 0 Å². The lowest BCUT2D eigenvalue weighted by Crippen LogP contribution is -2.45. The molecule has 0 heterocycles. The Balaban J connectivity index is 1.63. The van der Waals surface area contributed by atoms with Gasteiger partial charge in [0, 0.05) is 12.3 Å². The summed E-state index contributed by atoms with van der Waals surface area (Å²) in [6, 6.07) is 5.93. The van der Waals surface area contributed by atoms with Gasteiger partial charge >= 0.3 is 5.97 Å². The minimum Gasteiger partial charge on any atom is -0.508 e. The van der Waals surface area contributed by atoms with E-state index < -0.39 is 0 Å². The number of phenolic OH excluding ortho intramolecular Hbond substituents is 1. The van der Waals surface area contributed by atoms with Crippen molar-refractivity contribution in [2.75, 3.05) is 0 Å². The quantitative estimate of drug-likeness (QED) is 0.791. The van der Waals surface area contributed by atoms with Crippen LogP contribution in [0.15, 0.2) is 18.2 Å². The highest BCUT2D eigenvalue weighted by Gasteiger charge is 2.56. The fraction of sp³-hybridized carbons (Fsp3) is 0.650. The zero-order valence-electron chi connectivity index (χ0n) is 14.0. The van der Waals surface area contributed by atoms with E-state index in [2.05, 4.69) is 13.0 Å². The first-order chi connectivity index (χ1) is 11.0. The van der Waals surface area contributed by atoms with Gasteiger partial charge in [0.1, 0.15) is 11.9 Å². The standard InChI is InChI=1S/C20H26O3/c1-12(21)23-19-8-7-18-17-5-3-13-11-14(22)4-6-15(13)16(17)9-10-20(18,19)2/h4,6,11,16-19,22H,3,5,7-10H2,1-2H3/t16?,17?,18?,19?,20-/m0/s1. The molecule has 124 valence electrons. The Labute approximate surface area is 138 Å². The second-order valence-corrected chi connectivity index (χ2v) is 8.02.